The SMILES string of the molecule is Cc1ccc(Cn2nc(C(=O)NCC(F)(F)F)ccc2=O)cc1. The molecule has 122 valence electrons. The Labute approximate surface area is 129 Å². The van der Waals surface area contributed by atoms with Gasteiger partial charge in [-0.05, 0) is 18.6 Å². The van der Waals surface area contributed by atoms with Crippen molar-refractivity contribution < 1.29 is 18.0 Å². The fourth-order valence-electron chi connectivity index (χ4n) is 1.82. The van der Waals surface area contributed by atoms with Crippen LogP contribution in [0.25, 0.3) is 0 Å². The molecule has 0 radical (unpaired) electrons. The van der Waals surface area contributed by atoms with E-state index in [-0.39, 0.29) is 12.2 Å². The average molecular weight is 325 g/mol. The van der Waals surface area contributed by atoms with Crippen LogP contribution in [0.3, 0.4) is 0 Å². The van der Waals surface area contributed by atoms with E-state index in [0.29, 0.717) is 0 Å². The smallest absolute Gasteiger partial charge is 0.342 e. The number of hydrogen-bond donors (Lipinski definition) is 1. The Balaban J connectivity index is 2.17. The lowest BCUT2D eigenvalue weighted by Crippen LogP contribution is -2.35. The molecule has 1 N–H and O–H groups in total. The quantitative estimate of drug-likeness (QED) is 0.934. The molecule has 1 aromatic heterocycles. The molecule has 0 aliphatic rings. The van der Waals surface area contributed by atoms with E-state index in [2.05, 4.69) is 5.10 Å². The molecular weight excluding hydrogens is 311 g/mol. The summed E-state index contributed by atoms with van der Waals surface area (Å²) in [6, 6.07) is 9.53. The van der Waals surface area contributed by atoms with Crippen LogP contribution in [0.15, 0.2) is 41.2 Å². The number of alkyl halides is 3. The van der Waals surface area contributed by atoms with Gasteiger partial charge in [-0.15, -0.1) is 0 Å². The summed E-state index contributed by atoms with van der Waals surface area (Å²) >= 11 is 0. The molecule has 0 aliphatic heterocycles. The van der Waals surface area contributed by atoms with Crippen LogP contribution in [-0.2, 0) is 6.54 Å². The summed E-state index contributed by atoms with van der Waals surface area (Å²) < 4.78 is 37.3. The van der Waals surface area contributed by atoms with Gasteiger partial charge in [0.1, 0.15) is 12.2 Å². The Hall–Kier alpha value is -2.64. The van der Waals surface area contributed by atoms with Crippen molar-refractivity contribution in [2.24, 2.45) is 0 Å². The van der Waals surface area contributed by atoms with Gasteiger partial charge in [-0.3, -0.25) is 9.59 Å². The molecule has 0 saturated carbocycles. The summed E-state index contributed by atoms with van der Waals surface area (Å²) in [5.41, 5.74) is 1.14. The maximum absolute atomic E-state index is 12.1. The van der Waals surface area contributed by atoms with Crippen molar-refractivity contribution in [3.63, 3.8) is 0 Å². The van der Waals surface area contributed by atoms with Crippen LogP contribution in [0.5, 0.6) is 0 Å². The van der Waals surface area contributed by atoms with Gasteiger partial charge in [0.05, 0.1) is 6.54 Å². The number of hydrogen-bond acceptors (Lipinski definition) is 3. The number of benzene rings is 1. The molecule has 0 atom stereocenters. The number of amides is 1. The molecule has 2 rings (SSSR count). The maximum Gasteiger partial charge on any atom is 0.405 e. The Bertz CT molecular complexity index is 752. The zero-order chi connectivity index (χ0) is 17.0. The van der Waals surface area contributed by atoms with Crippen LogP contribution in [0.1, 0.15) is 21.6 Å². The molecule has 23 heavy (non-hydrogen) atoms. The molecule has 0 bridgehead atoms. The summed E-state index contributed by atoms with van der Waals surface area (Å²) in [6.07, 6.45) is -4.51. The first kappa shape index (κ1) is 16.7. The minimum Gasteiger partial charge on any atom is -0.342 e. The van der Waals surface area contributed by atoms with E-state index in [1.54, 1.807) is 17.4 Å². The molecule has 1 aromatic carbocycles. The lowest BCUT2D eigenvalue weighted by Gasteiger charge is -2.09. The highest BCUT2D eigenvalue weighted by atomic mass is 19.4. The maximum atomic E-state index is 12.1. The number of nitrogens with one attached hydrogen (secondary N) is 1. The Morgan fingerprint density at radius 1 is 1.17 bits per heavy atom. The molecule has 8 heteroatoms. The number of nitrogens with zero attached hydrogens (tertiary/aromatic N) is 2. The molecule has 0 aliphatic carbocycles. The summed E-state index contributed by atoms with van der Waals surface area (Å²) in [5, 5.41) is 5.53. The molecule has 0 saturated heterocycles. The van der Waals surface area contributed by atoms with E-state index in [0.717, 1.165) is 27.9 Å². The normalized spacial score (nSPS) is 11.3. The molecule has 1 amide bonds. The second kappa shape index (κ2) is 6.64. The number of halogens is 3. The van der Waals surface area contributed by atoms with Crippen molar-refractivity contribution in [2.45, 2.75) is 19.6 Å². The van der Waals surface area contributed by atoms with E-state index < -0.39 is 24.2 Å². The monoisotopic (exact) mass is 325 g/mol. The Morgan fingerprint density at radius 2 is 1.83 bits per heavy atom. The fourth-order valence-corrected chi connectivity index (χ4v) is 1.82. The Morgan fingerprint density at radius 3 is 2.43 bits per heavy atom. The van der Waals surface area contributed by atoms with Gasteiger partial charge in [0, 0.05) is 6.07 Å². The van der Waals surface area contributed by atoms with Crippen LogP contribution in [-0.4, -0.2) is 28.4 Å². The largest absolute Gasteiger partial charge is 0.405 e. The topological polar surface area (TPSA) is 64.0 Å². The second-order valence-corrected chi connectivity index (χ2v) is 5.00. The predicted octanol–water partition coefficient (Wildman–Crippen LogP) is 1.89. The highest BCUT2D eigenvalue weighted by Crippen LogP contribution is 2.12. The van der Waals surface area contributed by atoms with Gasteiger partial charge >= 0.3 is 6.18 Å². The summed E-state index contributed by atoms with van der Waals surface area (Å²) in [6.45, 7) is 0.587. The molecular formula is C15H14F3N3O2. The first-order valence-corrected chi connectivity index (χ1v) is 6.73. The first-order chi connectivity index (χ1) is 10.7. The van der Waals surface area contributed by atoms with E-state index in [9.17, 15) is 22.8 Å². The van der Waals surface area contributed by atoms with Gasteiger partial charge in [0.25, 0.3) is 11.5 Å². The lowest BCUT2D eigenvalue weighted by molar-refractivity contribution is -0.123. The van der Waals surface area contributed by atoms with Gasteiger partial charge in [0.15, 0.2) is 0 Å². The van der Waals surface area contributed by atoms with Crippen molar-refractivity contribution in [1.82, 2.24) is 15.1 Å². The van der Waals surface area contributed by atoms with Crippen LogP contribution in [0.4, 0.5) is 13.2 Å². The van der Waals surface area contributed by atoms with Crippen molar-refractivity contribution in [1.29, 1.82) is 0 Å². The van der Waals surface area contributed by atoms with Gasteiger partial charge in [-0.2, -0.15) is 18.3 Å². The summed E-state index contributed by atoms with van der Waals surface area (Å²) in [7, 11) is 0. The first-order valence-electron chi connectivity index (χ1n) is 6.73. The van der Waals surface area contributed by atoms with Crippen LogP contribution in [0.2, 0.25) is 0 Å². The van der Waals surface area contributed by atoms with Crippen LogP contribution in [0, 0.1) is 6.92 Å². The van der Waals surface area contributed by atoms with Gasteiger partial charge in [0.2, 0.25) is 0 Å². The van der Waals surface area contributed by atoms with Gasteiger partial charge < -0.3 is 5.32 Å². The van der Waals surface area contributed by atoms with E-state index in [1.807, 2.05) is 19.1 Å². The third-order valence-corrected chi connectivity index (χ3v) is 3.00. The van der Waals surface area contributed by atoms with Crippen LogP contribution < -0.4 is 10.9 Å². The molecule has 0 fully saturated rings. The lowest BCUT2D eigenvalue weighted by atomic mass is 10.1. The number of aromatic nitrogens is 2. The third kappa shape index (κ3) is 4.94. The van der Waals surface area contributed by atoms with Crippen molar-refractivity contribution >= 4 is 5.91 Å². The molecule has 0 unspecified atom stereocenters. The van der Waals surface area contributed by atoms with Crippen molar-refractivity contribution in [2.75, 3.05) is 6.54 Å². The number of carbonyl (C=O) groups excluding carboxylic acids is 1. The zero-order valence-electron chi connectivity index (χ0n) is 12.2. The van der Waals surface area contributed by atoms with E-state index in [4.69, 9.17) is 0 Å². The van der Waals surface area contributed by atoms with Gasteiger partial charge in [-0.25, -0.2) is 4.68 Å². The van der Waals surface area contributed by atoms with E-state index in [1.165, 1.54) is 0 Å². The van der Waals surface area contributed by atoms with Gasteiger partial charge in [-0.1, -0.05) is 29.8 Å². The number of aryl methyl sites for hydroxylation is 1. The fraction of sp³-hybridized carbons (Fsp3) is 0.267. The van der Waals surface area contributed by atoms with Crippen molar-refractivity contribution in [3.8, 4) is 0 Å². The minimum atomic E-state index is -4.51. The zero-order valence-corrected chi connectivity index (χ0v) is 12.2. The standard InChI is InChI=1S/C15H14F3N3O2/c1-10-2-4-11(5-3-10)8-21-13(22)7-6-12(20-21)14(23)19-9-15(16,17)18/h2-7H,8-9H2,1H3,(H,19,23). The van der Waals surface area contributed by atoms with Crippen LogP contribution >= 0.6 is 0 Å². The third-order valence-electron chi connectivity index (χ3n) is 3.00. The van der Waals surface area contributed by atoms with E-state index >= 15 is 0 Å². The molecule has 2 aromatic rings. The minimum absolute atomic E-state index is 0.125. The highest BCUT2D eigenvalue weighted by molar-refractivity contribution is 5.92. The van der Waals surface area contributed by atoms with Crippen molar-refractivity contribution in [3.05, 3.63) is 63.6 Å². The molecule has 0 spiro atoms. The molecule has 1 heterocycles. The number of rotatable bonds is 4. The Kier molecular flexibility index (Phi) is 4.83. The highest BCUT2D eigenvalue weighted by Gasteiger charge is 2.28. The summed E-state index contributed by atoms with van der Waals surface area (Å²) in [4.78, 5) is 23.4. The second-order valence-electron chi connectivity index (χ2n) is 5.00. The predicted molar refractivity (Wildman–Crippen MR) is 77.2 cm³/mol. The summed E-state index contributed by atoms with van der Waals surface area (Å²) in [5.74, 6) is -0.986. The average Bonchev–Trinajstić information content (AvgIpc) is 2.48. The number of carbonyl (C=O) groups is 1. The molecule has 5 nitrogen and oxygen atoms in total.